The molecular formula is C16H26N2O2. The van der Waals surface area contributed by atoms with Crippen molar-refractivity contribution in [2.24, 2.45) is 5.92 Å². The fourth-order valence-corrected chi connectivity index (χ4v) is 2.13. The minimum Gasteiger partial charge on any atom is -0.493 e. The molecule has 4 heteroatoms. The highest BCUT2D eigenvalue weighted by Crippen LogP contribution is 2.18. The summed E-state index contributed by atoms with van der Waals surface area (Å²) in [5, 5.41) is 3.44. The molecule has 0 spiro atoms. The Hall–Kier alpha value is -1.13. The smallest absolute Gasteiger partial charge is 0.122 e. The van der Waals surface area contributed by atoms with E-state index in [1.807, 2.05) is 18.3 Å². The highest BCUT2D eigenvalue weighted by molar-refractivity contribution is 5.22. The summed E-state index contributed by atoms with van der Waals surface area (Å²) in [6.45, 7) is 9.73. The van der Waals surface area contributed by atoms with Crippen LogP contribution in [-0.2, 0) is 11.3 Å². The van der Waals surface area contributed by atoms with Crippen LogP contribution >= 0.6 is 0 Å². The van der Waals surface area contributed by atoms with E-state index in [0.717, 1.165) is 50.7 Å². The molecule has 0 aliphatic carbocycles. The highest BCUT2D eigenvalue weighted by Gasteiger charge is 2.14. The van der Waals surface area contributed by atoms with E-state index in [2.05, 4.69) is 31.1 Å². The first-order valence-electron chi connectivity index (χ1n) is 7.43. The largest absolute Gasteiger partial charge is 0.493 e. The van der Waals surface area contributed by atoms with E-state index in [0.29, 0.717) is 5.92 Å². The van der Waals surface area contributed by atoms with E-state index in [4.69, 9.17) is 9.47 Å². The van der Waals surface area contributed by atoms with Crippen molar-refractivity contribution in [3.8, 4) is 5.75 Å². The molecule has 0 amide bonds. The molecule has 0 aromatic carbocycles. The van der Waals surface area contributed by atoms with Crippen molar-refractivity contribution in [3.63, 3.8) is 0 Å². The number of nitrogens with one attached hydrogen (secondary N) is 1. The summed E-state index contributed by atoms with van der Waals surface area (Å²) in [5.74, 6) is 1.53. The summed E-state index contributed by atoms with van der Waals surface area (Å²) in [4.78, 5) is 4.37. The molecule has 1 aliphatic heterocycles. The number of aromatic nitrogens is 1. The SMILES string of the molecule is CC(C)(C)NCc1cc(OCC2CCOCC2)ccn1. The maximum Gasteiger partial charge on any atom is 0.122 e. The van der Waals surface area contributed by atoms with Crippen molar-refractivity contribution in [1.29, 1.82) is 0 Å². The van der Waals surface area contributed by atoms with Gasteiger partial charge in [0.25, 0.3) is 0 Å². The van der Waals surface area contributed by atoms with Gasteiger partial charge in [0.15, 0.2) is 0 Å². The Bertz CT molecular complexity index is 409. The van der Waals surface area contributed by atoms with E-state index >= 15 is 0 Å². The Kier molecular flexibility index (Phi) is 5.38. The Balaban J connectivity index is 1.82. The fraction of sp³-hybridized carbons (Fsp3) is 0.688. The molecule has 4 nitrogen and oxygen atoms in total. The van der Waals surface area contributed by atoms with Gasteiger partial charge in [0.1, 0.15) is 5.75 Å². The van der Waals surface area contributed by atoms with Crippen LogP contribution in [0.4, 0.5) is 0 Å². The van der Waals surface area contributed by atoms with Gasteiger partial charge < -0.3 is 14.8 Å². The Morgan fingerprint density at radius 3 is 2.80 bits per heavy atom. The summed E-state index contributed by atoms with van der Waals surface area (Å²) in [5.41, 5.74) is 1.12. The molecule has 2 heterocycles. The van der Waals surface area contributed by atoms with E-state index < -0.39 is 0 Å². The van der Waals surface area contributed by atoms with E-state index in [9.17, 15) is 0 Å². The van der Waals surface area contributed by atoms with Gasteiger partial charge in [-0.3, -0.25) is 4.98 Å². The first-order chi connectivity index (χ1) is 9.53. The summed E-state index contributed by atoms with van der Waals surface area (Å²) < 4.78 is 11.3. The van der Waals surface area contributed by atoms with Gasteiger partial charge in [0.05, 0.1) is 12.3 Å². The lowest BCUT2D eigenvalue weighted by atomic mass is 10.0. The number of pyridine rings is 1. The quantitative estimate of drug-likeness (QED) is 0.899. The van der Waals surface area contributed by atoms with Crippen molar-refractivity contribution >= 4 is 0 Å². The van der Waals surface area contributed by atoms with Crippen molar-refractivity contribution < 1.29 is 9.47 Å². The predicted molar refractivity (Wildman–Crippen MR) is 79.9 cm³/mol. The molecule has 20 heavy (non-hydrogen) atoms. The zero-order valence-corrected chi connectivity index (χ0v) is 12.8. The third-order valence-electron chi connectivity index (χ3n) is 3.41. The molecule has 1 aliphatic rings. The normalized spacial score (nSPS) is 17.1. The lowest BCUT2D eigenvalue weighted by molar-refractivity contribution is 0.0497. The molecule has 2 rings (SSSR count). The summed E-state index contributed by atoms with van der Waals surface area (Å²) >= 11 is 0. The number of rotatable bonds is 5. The Morgan fingerprint density at radius 2 is 2.10 bits per heavy atom. The van der Waals surface area contributed by atoms with Gasteiger partial charge in [-0.25, -0.2) is 0 Å². The molecule has 0 unspecified atom stereocenters. The third-order valence-corrected chi connectivity index (χ3v) is 3.41. The van der Waals surface area contributed by atoms with Gasteiger partial charge in [0, 0.05) is 37.6 Å². The highest BCUT2D eigenvalue weighted by atomic mass is 16.5. The lowest BCUT2D eigenvalue weighted by Gasteiger charge is -2.22. The Morgan fingerprint density at radius 1 is 1.35 bits per heavy atom. The van der Waals surface area contributed by atoms with Crippen LogP contribution < -0.4 is 10.1 Å². The van der Waals surface area contributed by atoms with Crippen molar-refractivity contribution in [2.45, 2.75) is 45.7 Å². The zero-order chi connectivity index (χ0) is 14.4. The molecule has 0 radical (unpaired) electrons. The van der Waals surface area contributed by atoms with E-state index in [1.54, 1.807) is 0 Å². The van der Waals surface area contributed by atoms with Crippen molar-refractivity contribution in [3.05, 3.63) is 24.0 Å². The first kappa shape index (κ1) is 15.3. The van der Waals surface area contributed by atoms with Crippen LogP contribution in [0.15, 0.2) is 18.3 Å². The van der Waals surface area contributed by atoms with Crippen LogP contribution in [0.5, 0.6) is 5.75 Å². The predicted octanol–water partition coefficient (Wildman–Crippen LogP) is 2.78. The van der Waals surface area contributed by atoms with Gasteiger partial charge in [-0.1, -0.05) is 0 Å². The van der Waals surface area contributed by atoms with Crippen molar-refractivity contribution in [1.82, 2.24) is 10.3 Å². The third kappa shape index (κ3) is 5.47. The average molecular weight is 278 g/mol. The van der Waals surface area contributed by atoms with E-state index in [1.165, 1.54) is 0 Å². The van der Waals surface area contributed by atoms with Crippen LogP contribution in [0.25, 0.3) is 0 Å². The summed E-state index contributed by atoms with van der Waals surface area (Å²) in [6, 6.07) is 3.96. The Labute approximate surface area is 121 Å². The van der Waals surface area contributed by atoms with Crippen LogP contribution in [0.3, 0.4) is 0 Å². The van der Waals surface area contributed by atoms with Crippen LogP contribution in [0.1, 0.15) is 39.3 Å². The van der Waals surface area contributed by atoms with Gasteiger partial charge >= 0.3 is 0 Å². The van der Waals surface area contributed by atoms with Crippen LogP contribution in [0, 0.1) is 5.92 Å². The fourth-order valence-electron chi connectivity index (χ4n) is 2.13. The molecule has 1 N–H and O–H groups in total. The standard InChI is InChI=1S/C16H26N2O2/c1-16(2,3)18-11-14-10-15(4-7-17-14)20-12-13-5-8-19-9-6-13/h4,7,10,13,18H,5-6,8-9,11-12H2,1-3H3. The lowest BCUT2D eigenvalue weighted by Crippen LogP contribution is -2.35. The molecule has 1 aromatic rings. The molecule has 0 atom stereocenters. The van der Waals surface area contributed by atoms with Gasteiger partial charge in [-0.2, -0.15) is 0 Å². The maximum atomic E-state index is 5.89. The number of ether oxygens (including phenoxy) is 2. The second-order valence-corrected chi connectivity index (χ2v) is 6.45. The number of hydrogen-bond donors (Lipinski definition) is 1. The van der Waals surface area contributed by atoms with Crippen molar-refractivity contribution in [2.75, 3.05) is 19.8 Å². The molecule has 1 aromatic heterocycles. The molecule has 112 valence electrons. The molecule has 0 saturated carbocycles. The number of hydrogen-bond acceptors (Lipinski definition) is 4. The molecular weight excluding hydrogens is 252 g/mol. The topological polar surface area (TPSA) is 43.4 Å². The number of nitrogens with zero attached hydrogens (tertiary/aromatic N) is 1. The monoisotopic (exact) mass is 278 g/mol. The zero-order valence-electron chi connectivity index (χ0n) is 12.8. The molecule has 1 saturated heterocycles. The van der Waals surface area contributed by atoms with Crippen LogP contribution in [-0.4, -0.2) is 30.3 Å². The van der Waals surface area contributed by atoms with Gasteiger partial charge in [0.2, 0.25) is 0 Å². The summed E-state index contributed by atoms with van der Waals surface area (Å²) in [7, 11) is 0. The average Bonchev–Trinajstić information content (AvgIpc) is 2.44. The second kappa shape index (κ2) is 7.04. The first-order valence-corrected chi connectivity index (χ1v) is 7.43. The van der Waals surface area contributed by atoms with Gasteiger partial charge in [-0.05, 0) is 45.6 Å². The van der Waals surface area contributed by atoms with Crippen LogP contribution in [0.2, 0.25) is 0 Å². The second-order valence-electron chi connectivity index (χ2n) is 6.45. The minimum atomic E-state index is 0.0979. The van der Waals surface area contributed by atoms with Gasteiger partial charge in [-0.15, -0.1) is 0 Å². The van der Waals surface area contributed by atoms with E-state index in [-0.39, 0.29) is 5.54 Å². The summed E-state index contributed by atoms with van der Waals surface area (Å²) in [6.07, 6.45) is 4.02. The molecule has 0 bridgehead atoms. The maximum absolute atomic E-state index is 5.89. The minimum absolute atomic E-state index is 0.0979. The molecule has 1 fully saturated rings.